The lowest BCUT2D eigenvalue weighted by Crippen LogP contribution is -2.24. The minimum absolute atomic E-state index is 0.238. The van der Waals surface area contributed by atoms with Crippen molar-refractivity contribution in [3.8, 4) is 0 Å². The molecule has 0 saturated heterocycles. The van der Waals surface area contributed by atoms with E-state index in [0.29, 0.717) is 12.8 Å². The molecule has 0 atom stereocenters. The molecule has 0 heterocycles. The first-order valence-corrected chi connectivity index (χ1v) is 8.01. The van der Waals surface area contributed by atoms with E-state index in [-0.39, 0.29) is 11.2 Å². The van der Waals surface area contributed by atoms with E-state index >= 15 is 0 Å². The quantitative estimate of drug-likeness (QED) is 0.344. The number of rotatable bonds is 13. The summed E-state index contributed by atoms with van der Waals surface area (Å²) in [5, 5.41) is 0. The van der Waals surface area contributed by atoms with E-state index < -0.39 is 0 Å². The molecule has 0 spiro atoms. The van der Waals surface area contributed by atoms with Crippen LogP contribution in [0.1, 0.15) is 91.4 Å². The van der Waals surface area contributed by atoms with Crippen molar-refractivity contribution >= 4 is 12.1 Å². The van der Waals surface area contributed by atoms with Gasteiger partial charge in [-0.05, 0) is 6.42 Å². The molecular formula is C17H32O2. The Balaban J connectivity index is 3.57. The highest BCUT2D eigenvalue weighted by Crippen LogP contribution is 2.27. The molecular weight excluding hydrogens is 236 g/mol. The topological polar surface area (TPSA) is 34.1 Å². The zero-order valence-electron chi connectivity index (χ0n) is 13.2. The summed E-state index contributed by atoms with van der Waals surface area (Å²) in [6.45, 7) is 6.27. The summed E-state index contributed by atoms with van der Waals surface area (Å²) >= 11 is 0. The van der Waals surface area contributed by atoms with Gasteiger partial charge in [0.05, 0.1) is 0 Å². The molecule has 0 aliphatic rings. The van der Waals surface area contributed by atoms with Crippen LogP contribution in [0.2, 0.25) is 0 Å². The maximum atomic E-state index is 11.9. The number of Topliss-reactive ketones (excluding diaryl/α,β-unsaturated/α-hetero) is 1. The van der Waals surface area contributed by atoms with Crippen LogP contribution >= 0.6 is 0 Å². The standard InChI is InChI=1S/C17H32O2/c1-4-5-6-7-8-9-10-11-14-17(2,3)16(19)13-12-15-18/h15H,4-14H2,1-3H3. The normalized spacial score (nSPS) is 11.5. The van der Waals surface area contributed by atoms with Crippen LogP contribution < -0.4 is 0 Å². The van der Waals surface area contributed by atoms with Gasteiger partial charge in [-0.25, -0.2) is 0 Å². The number of hydrogen-bond acceptors (Lipinski definition) is 2. The minimum atomic E-state index is -0.245. The predicted molar refractivity (Wildman–Crippen MR) is 81.3 cm³/mol. The van der Waals surface area contributed by atoms with Crippen molar-refractivity contribution in [2.75, 3.05) is 0 Å². The molecule has 0 unspecified atom stereocenters. The van der Waals surface area contributed by atoms with E-state index in [1.54, 1.807) is 0 Å². The van der Waals surface area contributed by atoms with Gasteiger partial charge in [0.25, 0.3) is 0 Å². The van der Waals surface area contributed by atoms with Gasteiger partial charge in [-0.1, -0.05) is 72.1 Å². The molecule has 0 aromatic carbocycles. The van der Waals surface area contributed by atoms with E-state index in [1.807, 2.05) is 13.8 Å². The summed E-state index contributed by atoms with van der Waals surface area (Å²) in [6, 6.07) is 0. The highest BCUT2D eigenvalue weighted by molar-refractivity contribution is 5.85. The van der Waals surface area contributed by atoms with Crippen molar-refractivity contribution in [3.05, 3.63) is 0 Å². The van der Waals surface area contributed by atoms with E-state index in [9.17, 15) is 9.59 Å². The van der Waals surface area contributed by atoms with Crippen LogP contribution in [0.15, 0.2) is 0 Å². The molecule has 0 bridgehead atoms. The zero-order valence-corrected chi connectivity index (χ0v) is 13.2. The second-order valence-electron chi connectivity index (χ2n) is 6.24. The maximum Gasteiger partial charge on any atom is 0.138 e. The van der Waals surface area contributed by atoms with Gasteiger partial charge < -0.3 is 4.79 Å². The number of carbonyl (C=O) groups is 2. The maximum absolute atomic E-state index is 11.9. The Morgan fingerprint density at radius 1 is 0.947 bits per heavy atom. The number of ketones is 1. The second kappa shape index (κ2) is 11.2. The summed E-state index contributed by atoms with van der Waals surface area (Å²) in [4.78, 5) is 22.2. The molecule has 0 saturated carbocycles. The van der Waals surface area contributed by atoms with Gasteiger partial charge in [-0.3, -0.25) is 4.79 Å². The van der Waals surface area contributed by atoms with Crippen LogP contribution in [0.5, 0.6) is 0 Å². The average molecular weight is 268 g/mol. The van der Waals surface area contributed by atoms with Crippen molar-refractivity contribution in [2.45, 2.75) is 91.4 Å². The molecule has 2 heteroatoms. The Morgan fingerprint density at radius 2 is 1.47 bits per heavy atom. The first-order valence-electron chi connectivity index (χ1n) is 8.01. The van der Waals surface area contributed by atoms with Gasteiger partial charge in [0.1, 0.15) is 12.1 Å². The third kappa shape index (κ3) is 9.86. The second-order valence-corrected chi connectivity index (χ2v) is 6.24. The summed E-state index contributed by atoms with van der Waals surface area (Å²) < 4.78 is 0. The van der Waals surface area contributed by atoms with Crippen LogP contribution in [0, 0.1) is 5.41 Å². The monoisotopic (exact) mass is 268 g/mol. The molecule has 0 rings (SSSR count). The first kappa shape index (κ1) is 18.3. The number of hydrogen-bond donors (Lipinski definition) is 0. The Bertz CT molecular complexity index is 244. The molecule has 19 heavy (non-hydrogen) atoms. The zero-order chi connectivity index (χ0) is 14.6. The van der Waals surface area contributed by atoms with Crippen molar-refractivity contribution in [1.82, 2.24) is 0 Å². The summed E-state index contributed by atoms with van der Waals surface area (Å²) in [7, 11) is 0. The molecule has 0 N–H and O–H groups in total. The number of unbranched alkanes of at least 4 members (excludes halogenated alkanes) is 7. The van der Waals surface area contributed by atoms with Gasteiger partial charge in [0.2, 0.25) is 0 Å². The van der Waals surface area contributed by atoms with Crippen molar-refractivity contribution in [3.63, 3.8) is 0 Å². The Morgan fingerprint density at radius 3 is 2.00 bits per heavy atom. The lowest BCUT2D eigenvalue weighted by atomic mass is 9.81. The molecule has 0 radical (unpaired) electrons. The molecule has 0 aromatic rings. The fraction of sp³-hybridized carbons (Fsp3) is 0.882. The largest absolute Gasteiger partial charge is 0.303 e. The molecule has 2 nitrogen and oxygen atoms in total. The van der Waals surface area contributed by atoms with Crippen LogP contribution in [-0.2, 0) is 9.59 Å². The van der Waals surface area contributed by atoms with E-state index in [2.05, 4.69) is 6.92 Å². The Hall–Kier alpha value is -0.660. The molecule has 0 amide bonds. The fourth-order valence-corrected chi connectivity index (χ4v) is 2.37. The lowest BCUT2D eigenvalue weighted by Gasteiger charge is -2.22. The highest BCUT2D eigenvalue weighted by atomic mass is 16.1. The van der Waals surface area contributed by atoms with E-state index in [0.717, 1.165) is 19.1 Å². The number of aldehydes is 1. The van der Waals surface area contributed by atoms with Gasteiger partial charge >= 0.3 is 0 Å². The van der Waals surface area contributed by atoms with Gasteiger partial charge in [-0.2, -0.15) is 0 Å². The third-order valence-electron chi connectivity index (χ3n) is 3.90. The van der Waals surface area contributed by atoms with Crippen molar-refractivity contribution in [2.24, 2.45) is 5.41 Å². The molecule has 0 fully saturated rings. The fourth-order valence-electron chi connectivity index (χ4n) is 2.37. The lowest BCUT2D eigenvalue weighted by molar-refractivity contribution is -0.128. The van der Waals surface area contributed by atoms with Crippen molar-refractivity contribution in [1.29, 1.82) is 0 Å². The Labute approximate surface area is 119 Å². The molecule has 112 valence electrons. The van der Waals surface area contributed by atoms with Crippen LogP contribution in [0.3, 0.4) is 0 Å². The summed E-state index contributed by atoms with van der Waals surface area (Å²) in [6.07, 6.45) is 13.0. The van der Waals surface area contributed by atoms with Crippen molar-refractivity contribution < 1.29 is 9.59 Å². The molecule has 0 aromatic heterocycles. The van der Waals surface area contributed by atoms with Gasteiger partial charge in [0.15, 0.2) is 0 Å². The van der Waals surface area contributed by atoms with Gasteiger partial charge in [-0.15, -0.1) is 0 Å². The molecule has 0 aliphatic carbocycles. The van der Waals surface area contributed by atoms with Crippen LogP contribution in [-0.4, -0.2) is 12.1 Å². The third-order valence-corrected chi connectivity index (χ3v) is 3.90. The SMILES string of the molecule is CCCCCCCCCCC(C)(C)C(=O)CCC=O. The molecule has 0 aliphatic heterocycles. The van der Waals surface area contributed by atoms with Gasteiger partial charge in [0, 0.05) is 18.3 Å². The summed E-state index contributed by atoms with van der Waals surface area (Å²) in [5.41, 5.74) is -0.245. The average Bonchev–Trinajstić information content (AvgIpc) is 2.38. The predicted octanol–water partition coefficient (Wildman–Crippen LogP) is 5.09. The summed E-state index contributed by atoms with van der Waals surface area (Å²) in [5.74, 6) is 0.238. The Kier molecular flexibility index (Phi) is 10.8. The highest BCUT2D eigenvalue weighted by Gasteiger charge is 2.25. The minimum Gasteiger partial charge on any atom is -0.303 e. The van der Waals surface area contributed by atoms with Crippen LogP contribution in [0.25, 0.3) is 0 Å². The van der Waals surface area contributed by atoms with Crippen LogP contribution in [0.4, 0.5) is 0 Å². The van der Waals surface area contributed by atoms with E-state index in [4.69, 9.17) is 0 Å². The smallest absolute Gasteiger partial charge is 0.138 e. The number of carbonyl (C=O) groups excluding carboxylic acids is 2. The van der Waals surface area contributed by atoms with E-state index in [1.165, 1.54) is 44.9 Å². The first-order chi connectivity index (χ1) is 9.04.